The van der Waals surface area contributed by atoms with Gasteiger partial charge in [0.2, 0.25) is 11.2 Å². The lowest BCUT2D eigenvalue weighted by atomic mass is 10.1. The zero-order valence-corrected chi connectivity index (χ0v) is 31.5. The number of hydrogen-bond donors (Lipinski definition) is 0. The fourth-order valence-corrected chi connectivity index (χ4v) is 7.29. The number of aryl methyl sites for hydroxylation is 3. The van der Waals surface area contributed by atoms with E-state index in [2.05, 4.69) is 62.4 Å². The molecule has 12 heteroatoms. The molecular weight excluding hydrogens is 764 g/mol. The fourth-order valence-electron chi connectivity index (χ4n) is 6.59. The summed E-state index contributed by atoms with van der Waals surface area (Å²) in [6, 6.07) is 19.5. The van der Waals surface area contributed by atoms with Gasteiger partial charge in [0.15, 0.2) is 0 Å². The average Bonchev–Trinajstić information content (AvgIpc) is 3.80. The summed E-state index contributed by atoms with van der Waals surface area (Å²) in [6.45, 7) is 10.5. The Hall–Kier alpha value is -4.14. The minimum atomic E-state index is -0.383. The van der Waals surface area contributed by atoms with Crippen molar-refractivity contribution in [2.24, 2.45) is 7.05 Å². The number of hydrogen-bond acceptors (Lipinski definition) is 8. The second kappa shape index (κ2) is 15.8. The molecule has 1 saturated heterocycles. The van der Waals surface area contributed by atoms with Crippen molar-refractivity contribution in [2.45, 2.75) is 33.4 Å². The highest BCUT2D eigenvalue weighted by atomic mass is 127. The van der Waals surface area contributed by atoms with Gasteiger partial charge in [0.1, 0.15) is 18.4 Å². The Bertz CT molecular complexity index is 2170. The molecule has 1 aliphatic rings. The molecular formula is C38H41FIN7O2S. The van der Waals surface area contributed by atoms with Crippen molar-refractivity contribution in [1.29, 1.82) is 0 Å². The van der Waals surface area contributed by atoms with Gasteiger partial charge >= 0.3 is 5.63 Å². The number of thiophene rings is 1. The number of aromatic nitrogens is 4. The van der Waals surface area contributed by atoms with Gasteiger partial charge in [-0.25, -0.2) is 9.18 Å². The predicted octanol–water partition coefficient (Wildman–Crippen LogP) is 3.15. The van der Waals surface area contributed by atoms with E-state index in [0.717, 1.165) is 79.1 Å². The van der Waals surface area contributed by atoms with Crippen LogP contribution < -0.4 is 44.0 Å². The van der Waals surface area contributed by atoms with Crippen LogP contribution in [-0.4, -0.2) is 59.2 Å². The maximum absolute atomic E-state index is 15.5. The average molecular weight is 806 g/mol. The Labute approximate surface area is 312 Å². The standard InChI is InChI=1S/C38H41FN7O2S.HI/c1-4-44(5-2)32-13-9-28-21-29(38(47)48-37(28)23-32)10-12-31-11-8-27-22-34(39)36(24-35(27)42(31)3)45-18-16-43(17-19-45)25-30-26-46(41-40-30)15-14-33-7-6-20-49-33;/h6-13,20-24,26H,4-5,14-19,25H2,1-3H3;1H/q+1;/p-1. The predicted molar refractivity (Wildman–Crippen MR) is 196 cm³/mol. The van der Waals surface area contributed by atoms with Crippen molar-refractivity contribution < 1.29 is 37.4 Å². The summed E-state index contributed by atoms with van der Waals surface area (Å²) >= 11 is 1.76. The Morgan fingerprint density at radius 1 is 1.00 bits per heavy atom. The topological polar surface area (TPSA) is 74.5 Å². The van der Waals surface area contributed by atoms with Crippen LogP contribution in [0.15, 0.2) is 81.5 Å². The van der Waals surface area contributed by atoms with Gasteiger partial charge in [-0.1, -0.05) is 11.3 Å². The summed E-state index contributed by atoms with van der Waals surface area (Å²) in [5.41, 5.74) is 5.05. The zero-order valence-electron chi connectivity index (χ0n) is 28.6. The van der Waals surface area contributed by atoms with E-state index in [9.17, 15) is 4.79 Å². The summed E-state index contributed by atoms with van der Waals surface area (Å²) in [5.74, 6) is -0.226. The van der Waals surface area contributed by atoms with Crippen molar-refractivity contribution >= 4 is 56.7 Å². The van der Waals surface area contributed by atoms with Crippen LogP contribution in [0.1, 0.15) is 35.7 Å². The van der Waals surface area contributed by atoms with Gasteiger partial charge in [-0.05, 0) is 61.7 Å². The van der Waals surface area contributed by atoms with Crippen LogP contribution >= 0.6 is 11.3 Å². The molecule has 4 aromatic heterocycles. The molecule has 0 N–H and O–H groups in total. The minimum absolute atomic E-state index is 0. The van der Waals surface area contributed by atoms with Crippen LogP contribution in [-0.2, 0) is 26.6 Å². The highest BCUT2D eigenvalue weighted by molar-refractivity contribution is 7.09. The molecule has 0 amide bonds. The van der Waals surface area contributed by atoms with Gasteiger partial charge in [0.25, 0.3) is 0 Å². The second-order valence-electron chi connectivity index (χ2n) is 12.5. The molecule has 50 heavy (non-hydrogen) atoms. The summed E-state index contributed by atoms with van der Waals surface area (Å²) in [7, 11) is 1.97. The summed E-state index contributed by atoms with van der Waals surface area (Å²) < 4.78 is 25.1. The van der Waals surface area contributed by atoms with Crippen LogP contribution in [0.25, 0.3) is 34.0 Å². The lowest BCUT2D eigenvalue weighted by Gasteiger charge is -2.35. The van der Waals surface area contributed by atoms with Crippen molar-refractivity contribution in [3.63, 3.8) is 0 Å². The van der Waals surface area contributed by atoms with E-state index in [1.165, 1.54) is 4.88 Å². The Balaban J connectivity index is 0.00000432. The first-order valence-corrected chi connectivity index (χ1v) is 17.8. The fraction of sp³-hybridized carbons (Fsp3) is 0.316. The minimum Gasteiger partial charge on any atom is -1.00 e. The monoisotopic (exact) mass is 805 g/mol. The van der Waals surface area contributed by atoms with E-state index in [1.807, 2.05) is 65.0 Å². The number of fused-ring (bicyclic) bond motifs is 2. The second-order valence-corrected chi connectivity index (χ2v) is 13.5. The normalized spacial score (nSPS) is 13.8. The van der Waals surface area contributed by atoms with Gasteiger partial charge in [0, 0.05) is 111 Å². The van der Waals surface area contributed by atoms with Crippen molar-refractivity contribution in [3.8, 4) is 0 Å². The SMILES string of the molecule is CCN(CC)c1ccc2cc(/C=C/c3ccc4cc(F)c(N5CCN(Cc6cn(CCc7cccs7)nn6)CC5)cc4[n+]3C)c(=O)oc2c1.[I-]. The molecule has 1 fully saturated rings. The summed E-state index contributed by atoms with van der Waals surface area (Å²) in [4.78, 5) is 21.0. The van der Waals surface area contributed by atoms with Gasteiger partial charge < -0.3 is 38.2 Å². The maximum Gasteiger partial charge on any atom is 0.343 e. The van der Waals surface area contributed by atoms with E-state index >= 15 is 4.39 Å². The number of benzene rings is 2. The van der Waals surface area contributed by atoms with Crippen LogP contribution in [0.4, 0.5) is 15.8 Å². The largest absolute Gasteiger partial charge is 1.00 e. The molecule has 0 atom stereocenters. The molecule has 5 heterocycles. The van der Waals surface area contributed by atoms with Crippen molar-refractivity contribution in [2.75, 3.05) is 49.1 Å². The molecule has 0 radical (unpaired) electrons. The van der Waals surface area contributed by atoms with E-state index in [1.54, 1.807) is 23.5 Å². The molecule has 1 aliphatic heterocycles. The number of pyridine rings is 1. The lowest BCUT2D eigenvalue weighted by Crippen LogP contribution is -3.00. The maximum atomic E-state index is 15.5. The number of rotatable bonds is 11. The first-order valence-electron chi connectivity index (χ1n) is 16.9. The van der Waals surface area contributed by atoms with E-state index in [4.69, 9.17) is 4.42 Å². The smallest absolute Gasteiger partial charge is 0.343 e. The van der Waals surface area contributed by atoms with Gasteiger partial charge in [-0.2, -0.15) is 4.57 Å². The lowest BCUT2D eigenvalue weighted by molar-refractivity contribution is -0.646. The Morgan fingerprint density at radius 3 is 2.56 bits per heavy atom. The van der Waals surface area contributed by atoms with Crippen LogP contribution in [0.5, 0.6) is 0 Å². The van der Waals surface area contributed by atoms with Gasteiger partial charge in [0.05, 0.1) is 16.9 Å². The van der Waals surface area contributed by atoms with Crippen molar-refractivity contribution in [1.82, 2.24) is 19.9 Å². The first-order chi connectivity index (χ1) is 23.9. The summed E-state index contributed by atoms with van der Waals surface area (Å²) in [6.07, 6.45) is 6.68. The number of anilines is 2. The molecule has 0 aliphatic carbocycles. The highest BCUT2D eigenvalue weighted by Crippen LogP contribution is 2.27. The molecule has 9 nitrogen and oxygen atoms in total. The third kappa shape index (κ3) is 7.77. The molecule has 0 saturated carbocycles. The highest BCUT2D eigenvalue weighted by Gasteiger charge is 2.23. The van der Waals surface area contributed by atoms with E-state index in [0.29, 0.717) is 29.9 Å². The van der Waals surface area contributed by atoms with Crippen LogP contribution in [0.3, 0.4) is 0 Å². The van der Waals surface area contributed by atoms with Crippen LogP contribution in [0.2, 0.25) is 0 Å². The molecule has 6 aromatic rings. The van der Waals surface area contributed by atoms with Gasteiger partial charge in [-0.15, -0.1) is 16.4 Å². The molecule has 0 bridgehead atoms. The summed E-state index contributed by atoms with van der Waals surface area (Å²) in [5, 5.41) is 12.5. The molecule has 0 spiro atoms. The zero-order chi connectivity index (χ0) is 33.9. The third-order valence-corrected chi connectivity index (χ3v) is 10.4. The third-order valence-electron chi connectivity index (χ3n) is 9.44. The number of piperazine rings is 1. The number of nitrogens with zero attached hydrogens (tertiary/aromatic N) is 7. The Kier molecular flexibility index (Phi) is 11.3. The van der Waals surface area contributed by atoms with E-state index < -0.39 is 0 Å². The van der Waals surface area contributed by atoms with Crippen molar-refractivity contribution in [3.05, 3.63) is 110 Å². The van der Waals surface area contributed by atoms with E-state index in [-0.39, 0.29) is 35.4 Å². The molecule has 260 valence electrons. The Morgan fingerprint density at radius 2 is 1.80 bits per heavy atom. The van der Waals surface area contributed by atoms with Crippen LogP contribution in [0, 0.1) is 5.82 Å². The molecule has 7 rings (SSSR count). The number of halogens is 2. The molecule has 2 aromatic carbocycles. The van der Waals surface area contributed by atoms with Gasteiger partial charge in [-0.3, -0.25) is 9.58 Å². The molecule has 0 unspecified atom stereocenters. The quantitative estimate of drug-likeness (QED) is 0.113. The first kappa shape index (κ1) is 35.7.